The molecule has 0 radical (unpaired) electrons. The Morgan fingerprint density at radius 3 is 2.42 bits per heavy atom. The highest BCUT2D eigenvalue weighted by molar-refractivity contribution is 8.00. The van der Waals surface area contributed by atoms with E-state index in [1.165, 1.54) is 4.90 Å². The van der Waals surface area contributed by atoms with Crippen molar-refractivity contribution in [2.45, 2.75) is 37.3 Å². The Morgan fingerprint density at radius 2 is 1.79 bits per heavy atom. The summed E-state index contributed by atoms with van der Waals surface area (Å²) in [6, 6.07) is 16.7. The number of fused-ring (bicyclic) bond motifs is 1. The first-order chi connectivity index (χ1) is 11.5. The third kappa shape index (κ3) is 3.01. The minimum atomic E-state index is 0.504. The Hall–Kier alpha value is -1.64. The SMILES string of the molecule is C=C1c2c(SC(C)C)cccc2C(Cl)=C(CC)N1c1ccccc1. The summed E-state index contributed by atoms with van der Waals surface area (Å²) in [6.07, 6.45) is 0.855. The smallest absolute Gasteiger partial charge is 0.0683 e. The molecule has 1 aliphatic rings. The van der Waals surface area contributed by atoms with E-state index < -0.39 is 0 Å². The summed E-state index contributed by atoms with van der Waals surface area (Å²) in [7, 11) is 0. The molecule has 0 saturated heterocycles. The van der Waals surface area contributed by atoms with Gasteiger partial charge in [0.05, 0.1) is 5.03 Å². The van der Waals surface area contributed by atoms with Gasteiger partial charge >= 0.3 is 0 Å². The highest BCUT2D eigenvalue weighted by Gasteiger charge is 2.29. The first kappa shape index (κ1) is 17.2. The number of thioether (sulfide) groups is 1. The first-order valence-electron chi connectivity index (χ1n) is 8.27. The second-order valence-electron chi connectivity index (χ2n) is 6.08. The molecule has 2 aromatic carbocycles. The molecular formula is C21H22ClNS. The molecule has 0 fully saturated rings. The topological polar surface area (TPSA) is 3.24 Å². The van der Waals surface area contributed by atoms with Crippen LogP contribution < -0.4 is 4.90 Å². The van der Waals surface area contributed by atoms with Gasteiger partial charge in [0.2, 0.25) is 0 Å². The zero-order valence-corrected chi connectivity index (χ0v) is 15.9. The normalized spacial score (nSPS) is 14.4. The van der Waals surface area contributed by atoms with Crippen molar-refractivity contribution in [3.8, 4) is 0 Å². The zero-order chi connectivity index (χ0) is 17.3. The molecule has 3 rings (SSSR count). The Bertz CT molecular complexity index is 793. The second-order valence-corrected chi connectivity index (χ2v) is 8.07. The number of hydrogen-bond donors (Lipinski definition) is 0. The summed E-state index contributed by atoms with van der Waals surface area (Å²) in [5, 5.41) is 1.33. The van der Waals surface area contributed by atoms with Gasteiger partial charge in [-0.1, -0.05) is 69.3 Å². The van der Waals surface area contributed by atoms with E-state index in [-0.39, 0.29) is 0 Å². The van der Waals surface area contributed by atoms with E-state index in [2.05, 4.69) is 62.6 Å². The lowest BCUT2D eigenvalue weighted by molar-refractivity contribution is 1.01. The monoisotopic (exact) mass is 355 g/mol. The molecule has 0 aliphatic carbocycles. The summed E-state index contributed by atoms with van der Waals surface area (Å²) in [5.74, 6) is 0. The molecule has 1 nitrogen and oxygen atoms in total. The Kier molecular flexibility index (Phi) is 5.07. The maximum Gasteiger partial charge on any atom is 0.0683 e. The fraction of sp³-hybridized carbons (Fsp3) is 0.238. The fourth-order valence-electron chi connectivity index (χ4n) is 3.09. The number of hydrogen-bond acceptors (Lipinski definition) is 2. The molecule has 124 valence electrons. The van der Waals surface area contributed by atoms with Gasteiger partial charge in [0, 0.05) is 38.4 Å². The van der Waals surface area contributed by atoms with E-state index in [0.717, 1.165) is 39.7 Å². The summed E-state index contributed by atoms with van der Waals surface area (Å²) in [6.45, 7) is 11.0. The van der Waals surface area contributed by atoms with E-state index in [1.807, 2.05) is 30.0 Å². The van der Waals surface area contributed by atoms with Crippen molar-refractivity contribution in [1.82, 2.24) is 0 Å². The average molecular weight is 356 g/mol. The van der Waals surface area contributed by atoms with Crippen molar-refractivity contribution < 1.29 is 0 Å². The van der Waals surface area contributed by atoms with Crippen molar-refractivity contribution >= 4 is 39.8 Å². The lowest BCUT2D eigenvalue weighted by Crippen LogP contribution is -2.25. The molecule has 1 heterocycles. The number of nitrogens with zero attached hydrogens (tertiary/aromatic N) is 1. The minimum absolute atomic E-state index is 0.504. The number of halogens is 1. The van der Waals surface area contributed by atoms with E-state index in [4.69, 9.17) is 11.6 Å². The van der Waals surface area contributed by atoms with Gasteiger partial charge in [-0.25, -0.2) is 0 Å². The number of anilines is 1. The summed E-state index contributed by atoms with van der Waals surface area (Å²) in [5.41, 5.74) is 5.46. The molecule has 0 amide bonds. The summed E-state index contributed by atoms with van der Waals surface area (Å²) >= 11 is 8.68. The molecule has 0 aromatic heterocycles. The van der Waals surface area contributed by atoms with Crippen LogP contribution >= 0.6 is 23.4 Å². The third-order valence-corrected chi connectivity index (χ3v) is 5.54. The highest BCUT2D eigenvalue weighted by atomic mass is 35.5. The lowest BCUT2D eigenvalue weighted by atomic mass is 9.96. The maximum atomic E-state index is 6.82. The van der Waals surface area contributed by atoms with Gasteiger partial charge in [-0.3, -0.25) is 0 Å². The van der Waals surface area contributed by atoms with E-state index in [1.54, 1.807) is 0 Å². The van der Waals surface area contributed by atoms with E-state index in [9.17, 15) is 0 Å². The number of rotatable bonds is 4. The predicted molar refractivity (Wildman–Crippen MR) is 108 cm³/mol. The quantitative estimate of drug-likeness (QED) is 0.543. The van der Waals surface area contributed by atoms with Crippen LogP contribution in [0.15, 0.2) is 65.7 Å². The van der Waals surface area contributed by atoms with Gasteiger partial charge in [-0.05, 0) is 24.6 Å². The van der Waals surface area contributed by atoms with Crippen molar-refractivity contribution in [2.75, 3.05) is 4.90 Å². The Labute approximate surface area is 154 Å². The Morgan fingerprint density at radius 1 is 1.08 bits per heavy atom. The molecule has 0 unspecified atom stereocenters. The number of allylic oxidation sites excluding steroid dienone is 1. The first-order valence-corrected chi connectivity index (χ1v) is 9.53. The van der Waals surface area contributed by atoms with Crippen LogP contribution in [0.2, 0.25) is 0 Å². The summed E-state index contributed by atoms with van der Waals surface area (Å²) in [4.78, 5) is 3.44. The number of benzene rings is 2. The molecule has 0 saturated carbocycles. The van der Waals surface area contributed by atoms with E-state index >= 15 is 0 Å². The van der Waals surface area contributed by atoms with Crippen LogP contribution in [0, 0.1) is 0 Å². The molecule has 0 N–H and O–H groups in total. The molecule has 0 bridgehead atoms. The highest BCUT2D eigenvalue weighted by Crippen LogP contribution is 2.46. The van der Waals surface area contributed by atoms with Gasteiger partial charge in [0.1, 0.15) is 0 Å². The molecule has 24 heavy (non-hydrogen) atoms. The fourth-order valence-corrected chi connectivity index (χ4v) is 4.48. The van der Waals surface area contributed by atoms with Crippen molar-refractivity contribution in [3.63, 3.8) is 0 Å². The van der Waals surface area contributed by atoms with Crippen LogP contribution in [0.1, 0.15) is 38.3 Å². The maximum absolute atomic E-state index is 6.82. The predicted octanol–water partition coefficient (Wildman–Crippen LogP) is 7.00. The van der Waals surface area contributed by atoms with Crippen molar-refractivity contribution in [1.29, 1.82) is 0 Å². The molecule has 0 spiro atoms. The van der Waals surface area contributed by atoms with Crippen LogP contribution in [0.5, 0.6) is 0 Å². The molecule has 2 aromatic rings. The van der Waals surface area contributed by atoms with Crippen molar-refractivity contribution in [3.05, 3.63) is 71.9 Å². The average Bonchev–Trinajstić information content (AvgIpc) is 2.58. The largest absolute Gasteiger partial charge is 0.313 e. The second kappa shape index (κ2) is 7.08. The summed E-state index contributed by atoms with van der Waals surface area (Å²) < 4.78 is 0. The molecular weight excluding hydrogens is 334 g/mol. The zero-order valence-electron chi connectivity index (χ0n) is 14.3. The van der Waals surface area contributed by atoms with Crippen molar-refractivity contribution in [2.24, 2.45) is 0 Å². The van der Waals surface area contributed by atoms with Crippen LogP contribution in [-0.2, 0) is 0 Å². The third-order valence-electron chi connectivity index (χ3n) is 4.06. The van der Waals surface area contributed by atoms with Crippen LogP contribution in [0.4, 0.5) is 5.69 Å². The van der Waals surface area contributed by atoms with Gasteiger partial charge in [0.15, 0.2) is 0 Å². The Balaban J connectivity index is 2.22. The molecule has 3 heteroatoms. The molecule has 1 aliphatic heterocycles. The molecule has 0 atom stereocenters. The van der Waals surface area contributed by atoms with Crippen LogP contribution in [0.3, 0.4) is 0 Å². The van der Waals surface area contributed by atoms with E-state index in [0.29, 0.717) is 5.25 Å². The lowest BCUT2D eigenvalue weighted by Gasteiger charge is -2.36. The van der Waals surface area contributed by atoms with Gasteiger partial charge < -0.3 is 4.90 Å². The van der Waals surface area contributed by atoms with Gasteiger partial charge in [-0.15, -0.1) is 11.8 Å². The minimum Gasteiger partial charge on any atom is -0.313 e. The van der Waals surface area contributed by atoms with Crippen LogP contribution in [-0.4, -0.2) is 5.25 Å². The van der Waals surface area contributed by atoms with Gasteiger partial charge in [0.25, 0.3) is 0 Å². The standard InChI is InChI=1S/C21H22ClNS/c1-5-18-21(22)17-12-9-13-19(24-14(2)3)20(17)15(4)23(18)16-10-7-6-8-11-16/h6-14H,4-5H2,1-3H3. The number of para-hydroxylation sites is 1. The van der Waals surface area contributed by atoms with Gasteiger partial charge in [-0.2, -0.15) is 0 Å². The van der Waals surface area contributed by atoms with Crippen LogP contribution in [0.25, 0.3) is 10.7 Å².